The summed E-state index contributed by atoms with van der Waals surface area (Å²) in [5, 5.41) is 3.05. The van der Waals surface area contributed by atoms with Gasteiger partial charge in [-0.15, -0.1) is 11.3 Å². The van der Waals surface area contributed by atoms with Gasteiger partial charge >= 0.3 is 0 Å². The van der Waals surface area contributed by atoms with Crippen molar-refractivity contribution < 1.29 is 14.0 Å². The Hall–Kier alpha value is -2.99. The number of carbonyl (C=O) groups excluding carboxylic acids is 2. The minimum Gasteiger partial charge on any atom is -0.349 e. The lowest BCUT2D eigenvalue weighted by molar-refractivity contribution is 0.0703. The average molecular weight is 408 g/mol. The van der Waals surface area contributed by atoms with E-state index in [4.69, 9.17) is 0 Å². The van der Waals surface area contributed by atoms with Crippen LogP contribution in [0.15, 0.2) is 66.7 Å². The Morgan fingerprint density at radius 1 is 0.931 bits per heavy atom. The van der Waals surface area contributed by atoms with E-state index in [1.54, 1.807) is 42.5 Å². The molecule has 1 N–H and O–H groups in total. The van der Waals surface area contributed by atoms with Crippen molar-refractivity contribution in [1.82, 2.24) is 10.2 Å². The van der Waals surface area contributed by atoms with Crippen molar-refractivity contribution in [3.63, 3.8) is 0 Å². The van der Waals surface area contributed by atoms with Crippen LogP contribution in [0.25, 0.3) is 10.4 Å². The van der Waals surface area contributed by atoms with Gasteiger partial charge in [-0.3, -0.25) is 9.59 Å². The number of nitrogens with one attached hydrogen (secondary N) is 1. The van der Waals surface area contributed by atoms with Gasteiger partial charge < -0.3 is 10.2 Å². The molecule has 0 unspecified atom stereocenters. The number of amides is 2. The third-order valence-electron chi connectivity index (χ3n) is 5.11. The Labute approximate surface area is 173 Å². The minimum atomic E-state index is -0.289. The number of thiophene rings is 1. The first kappa shape index (κ1) is 19.3. The second kappa shape index (κ2) is 8.57. The first-order valence-electron chi connectivity index (χ1n) is 9.62. The largest absolute Gasteiger partial charge is 0.349 e. The zero-order valence-electron chi connectivity index (χ0n) is 15.8. The Morgan fingerprint density at radius 2 is 1.62 bits per heavy atom. The Bertz CT molecular complexity index is 1010. The molecule has 0 bridgehead atoms. The van der Waals surface area contributed by atoms with E-state index in [2.05, 4.69) is 5.32 Å². The summed E-state index contributed by atoms with van der Waals surface area (Å²) in [5.74, 6) is -0.406. The van der Waals surface area contributed by atoms with Gasteiger partial charge in [0.2, 0.25) is 0 Å². The molecule has 2 heterocycles. The normalized spacial score (nSPS) is 14.6. The van der Waals surface area contributed by atoms with Gasteiger partial charge in [-0.1, -0.05) is 36.4 Å². The first-order chi connectivity index (χ1) is 14.1. The quantitative estimate of drug-likeness (QED) is 0.687. The van der Waals surface area contributed by atoms with E-state index in [-0.39, 0.29) is 23.7 Å². The molecule has 1 fully saturated rings. The summed E-state index contributed by atoms with van der Waals surface area (Å²) in [5.41, 5.74) is 1.16. The number of hydrogen-bond acceptors (Lipinski definition) is 3. The van der Waals surface area contributed by atoms with Gasteiger partial charge in [0.15, 0.2) is 0 Å². The summed E-state index contributed by atoms with van der Waals surface area (Å²) in [4.78, 5) is 28.3. The average Bonchev–Trinajstić information content (AvgIpc) is 3.25. The van der Waals surface area contributed by atoms with Crippen LogP contribution in [0.3, 0.4) is 0 Å². The fourth-order valence-electron chi connectivity index (χ4n) is 3.50. The maximum atomic E-state index is 14.0. The lowest BCUT2D eigenvalue weighted by Crippen LogP contribution is -2.46. The molecule has 0 spiro atoms. The summed E-state index contributed by atoms with van der Waals surface area (Å²) < 4.78 is 14.0. The molecule has 0 saturated carbocycles. The summed E-state index contributed by atoms with van der Waals surface area (Å²) in [6, 6.07) is 19.3. The Morgan fingerprint density at radius 3 is 2.34 bits per heavy atom. The molecule has 0 aliphatic carbocycles. The molecule has 29 heavy (non-hydrogen) atoms. The van der Waals surface area contributed by atoms with Crippen LogP contribution in [-0.4, -0.2) is 35.8 Å². The molecule has 2 amide bonds. The highest BCUT2D eigenvalue weighted by Crippen LogP contribution is 2.31. The zero-order chi connectivity index (χ0) is 20.2. The molecule has 4 nitrogen and oxygen atoms in total. The van der Waals surface area contributed by atoms with Crippen molar-refractivity contribution in [2.45, 2.75) is 18.9 Å². The van der Waals surface area contributed by atoms with Gasteiger partial charge in [-0.05, 0) is 43.2 Å². The van der Waals surface area contributed by atoms with Gasteiger partial charge in [0.25, 0.3) is 11.8 Å². The number of piperidine rings is 1. The fourth-order valence-corrected chi connectivity index (χ4v) is 4.50. The van der Waals surface area contributed by atoms with Crippen LogP contribution < -0.4 is 5.32 Å². The summed E-state index contributed by atoms with van der Waals surface area (Å²) in [7, 11) is 0. The third-order valence-corrected chi connectivity index (χ3v) is 6.22. The second-order valence-corrected chi connectivity index (χ2v) is 8.13. The fraction of sp³-hybridized carbons (Fsp3) is 0.217. The summed E-state index contributed by atoms with van der Waals surface area (Å²) >= 11 is 1.31. The van der Waals surface area contributed by atoms with Crippen LogP contribution in [0.5, 0.6) is 0 Å². The molecule has 148 valence electrons. The minimum absolute atomic E-state index is 0.0366. The van der Waals surface area contributed by atoms with E-state index in [9.17, 15) is 14.0 Å². The lowest BCUT2D eigenvalue weighted by Gasteiger charge is -2.32. The highest BCUT2D eigenvalue weighted by Gasteiger charge is 2.26. The van der Waals surface area contributed by atoms with E-state index < -0.39 is 0 Å². The molecular weight excluding hydrogens is 387 g/mol. The maximum Gasteiger partial charge on any atom is 0.263 e. The highest BCUT2D eigenvalue weighted by molar-refractivity contribution is 7.17. The van der Waals surface area contributed by atoms with Crippen molar-refractivity contribution in [3.05, 3.63) is 83.0 Å². The van der Waals surface area contributed by atoms with Crippen LogP contribution in [0, 0.1) is 5.82 Å². The number of nitrogens with zero attached hydrogens (tertiary/aromatic N) is 1. The molecular formula is C23H21FN2O2S. The molecule has 3 aromatic rings. The van der Waals surface area contributed by atoms with Gasteiger partial charge in [-0.2, -0.15) is 0 Å². The SMILES string of the molecule is O=C(NC1CCN(C(=O)c2ccc(-c3ccccc3F)s2)CC1)c1ccccc1. The monoisotopic (exact) mass is 408 g/mol. The van der Waals surface area contributed by atoms with Gasteiger partial charge in [-0.25, -0.2) is 4.39 Å². The van der Waals surface area contributed by atoms with Crippen molar-refractivity contribution in [1.29, 1.82) is 0 Å². The summed E-state index contributed by atoms with van der Waals surface area (Å²) in [6.45, 7) is 1.18. The second-order valence-electron chi connectivity index (χ2n) is 7.05. The predicted octanol–water partition coefficient (Wildman–Crippen LogP) is 4.59. The van der Waals surface area contributed by atoms with Crippen LogP contribution in [0.4, 0.5) is 4.39 Å². The topological polar surface area (TPSA) is 49.4 Å². The highest BCUT2D eigenvalue weighted by atomic mass is 32.1. The van der Waals surface area contributed by atoms with Crippen molar-refractivity contribution in [2.75, 3.05) is 13.1 Å². The lowest BCUT2D eigenvalue weighted by atomic mass is 10.0. The molecule has 1 saturated heterocycles. The van der Waals surface area contributed by atoms with Gasteiger partial charge in [0.05, 0.1) is 4.88 Å². The molecule has 0 atom stereocenters. The van der Waals surface area contributed by atoms with Crippen molar-refractivity contribution in [3.8, 4) is 10.4 Å². The number of rotatable bonds is 4. The molecule has 6 heteroatoms. The molecule has 4 rings (SSSR count). The van der Waals surface area contributed by atoms with E-state index in [0.717, 1.165) is 17.7 Å². The van der Waals surface area contributed by atoms with Gasteiger partial charge in [0.1, 0.15) is 5.82 Å². The summed E-state index contributed by atoms with van der Waals surface area (Å²) in [6.07, 6.45) is 1.44. The molecule has 0 radical (unpaired) electrons. The molecule has 1 aliphatic heterocycles. The Balaban J connectivity index is 1.35. The van der Waals surface area contributed by atoms with Crippen LogP contribution in [-0.2, 0) is 0 Å². The van der Waals surface area contributed by atoms with E-state index in [1.807, 2.05) is 23.1 Å². The number of hydrogen-bond donors (Lipinski definition) is 1. The third kappa shape index (κ3) is 4.38. The van der Waals surface area contributed by atoms with Crippen LogP contribution >= 0.6 is 11.3 Å². The van der Waals surface area contributed by atoms with E-state index in [0.29, 0.717) is 29.1 Å². The van der Waals surface area contributed by atoms with Crippen LogP contribution in [0.2, 0.25) is 0 Å². The molecule has 1 aliphatic rings. The smallest absolute Gasteiger partial charge is 0.263 e. The van der Waals surface area contributed by atoms with E-state index in [1.165, 1.54) is 17.4 Å². The number of benzene rings is 2. The van der Waals surface area contributed by atoms with Gasteiger partial charge in [0, 0.05) is 35.1 Å². The predicted molar refractivity (Wildman–Crippen MR) is 113 cm³/mol. The number of carbonyl (C=O) groups is 2. The number of likely N-dealkylation sites (tertiary alicyclic amines) is 1. The first-order valence-corrected chi connectivity index (χ1v) is 10.4. The molecule has 2 aromatic carbocycles. The molecule has 1 aromatic heterocycles. The van der Waals surface area contributed by atoms with E-state index >= 15 is 0 Å². The maximum absolute atomic E-state index is 14.0. The standard InChI is InChI=1S/C23H21FN2O2S/c24-19-9-5-4-8-18(19)20-10-11-21(29-20)23(28)26-14-12-17(13-15-26)25-22(27)16-6-2-1-3-7-16/h1-11,17H,12-15H2,(H,25,27). The number of halogens is 1. The van der Waals surface area contributed by atoms with Crippen molar-refractivity contribution in [2.24, 2.45) is 0 Å². The zero-order valence-corrected chi connectivity index (χ0v) is 16.6. The van der Waals surface area contributed by atoms with Crippen LogP contribution in [0.1, 0.15) is 32.9 Å². The Kier molecular flexibility index (Phi) is 5.71. The van der Waals surface area contributed by atoms with Crippen molar-refractivity contribution >= 4 is 23.2 Å².